The highest BCUT2D eigenvalue weighted by atomic mass is 16.5. The summed E-state index contributed by atoms with van der Waals surface area (Å²) < 4.78 is 6.67. The van der Waals surface area contributed by atoms with Crippen molar-refractivity contribution in [3.8, 4) is 0 Å². The Labute approximate surface area is 102 Å². The number of likely N-dealkylation sites (N-methyl/N-ethyl adjacent to an activating group) is 1. The molecule has 96 valence electrons. The van der Waals surface area contributed by atoms with E-state index >= 15 is 0 Å². The summed E-state index contributed by atoms with van der Waals surface area (Å²) in [6, 6.07) is 1.99. The minimum absolute atomic E-state index is 0.271. The van der Waals surface area contributed by atoms with E-state index in [0.29, 0.717) is 13.1 Å². The Kier molecular flexibility index (Phi) is 4.28. The van der Waals surface area contributed by atoms with Crippen LogP contribution in [0.3, 0.4) is 0 Å². The maximum atomic E-state index is 11.8. The largest absolute Gasteiger partial charge is 0.468 e. The topological polar surface area (TPSA) is 56.2 Å². The molecule has 1 heterocycles. The van der Waals surface area contributed by atoms with E-state index in [2.05, 4.69) is 10.4 Å². The molecule has 0 aliphatic heterocycles. The Balaban J connectivity index is 2.94. The Bertz CT molecular complexity index is 400. The number of hydrogen-bond acceptors (Lipinski definition) is 4. The highest BCUT2D eigenvalue weighted by Gasteiger charge is 2.34. The molecular weight excluding hydrogens is 218 g/mol. The number of aryl methyl sites for hydroxylation is 2. The molecular formula is C12H21N3O2. The first-order chi connectivity index (χ1) is 7.92. The predicted molar refractivity (Wildman–Crippen MR) is 65.8 cm³/mol. The minimum atomic E-state index is -0.743. The van der Waals surface area contributed by atoms with Crippen molar-refractivity contribution < 1.29 is 9.53 Å². The van der Waals surface area contributed by atoms with E-state index in [1.807, 2.05) is 38.4 Å². The molecule has 0 aliphatic rings. The number of carbonyl (C=O) groups is 1. The Morgan fingerprint density at radius 3 is 2.65 bits per heavy atom. The number of hydrogen-bond donors (Lipinski definition) is 1. The van der Waals surface area contributed by atoms with Crippen molar-refractivity contribution in [2.45, 2.75) is 39.8 Å². The van der Waals surface area contributed by atoms with Crippen LogP contribution in [0, 0.1) is 13.8 Å². The molecule has 0 saturated heterocycles. The maximum Gasteiger partial charge on any atom is 0.327 e. The highest BCUT2D eigenvalue weighted by molar-refractivity contribution is 5.80. The number of esters is 1. The van der Waals surface area contributed by atoms with E-state index in [0.717, 1.165) is 11.4 Å². The summed E-state index contributed by atoms with van der Waals surface area (Å²) in [5.74, 6) is -0.271. The molecule has 0 saturated carbocycles. The summed E-state index contributed by atoms with van der Waals surface area (Å²) in [4.78, 5) is 11.8. The lowest BCUT2D eigenvalue weighted by Gasteiger charge is -2.27. The van der Waals surface area contributed by atoms with Crippen molar-refractivity contribution in [3.63, 3.8) is 0 Å². The minimum Gasteiger partial charge on any atom is -0.468 e. The van der Waals surface area contributed by atoms with E-state index in [-0.39, 0.29) is 5.97 Å². The van der Waals surface area contributed by atoms with Gasteiger partial charge in [0.05, 0.1) is 19.3 Å². The molecule has 1 N–H and O–H groups in total. The molecule has 0 fully saturated rings. The number of nitrogens with zero attached hydrogens (tertiary/aromatic N) is 2. The second-order valence-electron chi connectivity index (χ2n) is 4.44. The van der Waals surface area contributed by atoms with Crippen LogP contribution < -0.4 is 5.32 Å². The normalized spacial score (nSPS) is 14.4. The molecule has 0 spiro atoms. The zero-order chi connectivity index (χ0) is 13.1. The van der Waals surface area contributed by atoms with Crippen LogP contribution in [-0.4, -0.2) is 34.9 Å². The summed E-state index contributed by atoms with van der Waals surface area (Å²) in [5, 5.41) is 7.52. The fourth-order valence-electron chi connectivity index (χ4n) is 1.94. The number of ether oxygens (including phenoxy) is 1. The van der Waals surface area contributed by atoms with Gasteiger partial charge in [0.25, 0.3) is 0 Å². The van der Waals surface area contributed by atoms with Crippen LogP contribution in [0.25, 0.3) is 0 Å². The van der Waals surface area contributed by atoms with Crippen molar-refractivity contribution in [3.05, 3.63) is 17.5 Å². The van der Waals surface area contributed by atoms with Crippen molar-refractivity contribution in [2.75, 3.05) is 13.7 Å². The van der Waals surface area contributed by atoms with Gasteiger partial charge in [0, 0.05) is 5.69 Å². The summed E-state index contributed by atoms with van der Waals surface area (Å²) in [7, 11) is 1.40. The molecule has 0 radical (unpaired) electrons. The second kappa shape index (κ2) is 5.31. The van der Waals surface area contributed by atoms with Gasteiger partial charge < -0.3 is 10.1 Å². The lowest BCUT2D eigenvalue weighted by molar-refractivity contribution is -0.148. The monoisotopic (exact) mass is 239 g/mol. The van der Waals surface area contributed by atoms with Crippen LogP contribution in [0.1, 0.15) is 25.2 Å². The van der Waals surface area contributed by atoms with Gasteiger partial charge in [-0.25, -0.2) is 4.79 Å². The molecule has 1 unspecified atom stereocenters. The third kappa shape index (κ3) is 3.06. The van der Waals surface area contributed by atoms with E-state index in [1.54, 1.807) is 0 Å². The zero-order valence-electron chi connectivity index (χ0n) is 11.2. The van der Waals surface area contributed by atoms with Gasteiger partial charge in [-0.1, -0.05) is 6.92 Å². The van der Waals surface area contributed by atoms with Gasteiger partial charge in [0.15, 0.2) is 0 Å². The number of methoxy groups -OCH3 is 1. The third-order valence-corrected chi connectivity index (χ3v) is 2.77. The van der Waals surface area contributed by atoms with Crippen LogP contribution in [-0.2, 0) is 16.1 Å². The van der Waals surface area contributed by atoms with Crippen molar-refractivity contribution in [2.24, 2.45) is 0 Å². The quantitative estimate of drug-likeness (QED) is 0.780. The number of carbonyl (C=O) groups excluding carboxylic acids is 1. The van der Waals surface area contributed by atoms with Crippen LogP contribution >= 0.6 is 0 Å². The fraction of sp³-hybridized carbons (Fsp3) is 0.667. The van der Waals surface area contributed by atoms with E-state index < -0.39 is 5.54 Å². The third-order valence-electron chi connectivity index (χ3n) is 2.77. The standard InChI is InChI=1S/C12H21N3O2/c1-6-13-12(4,11(16)17-5)8-15-10(3)7-9(2)14-15/h7,13H,6,8H2,1-5H3. The van der Waals surface area contributed by atoms with Crippen LogP contribution in [0.2, 0.25) is 0 Å². The smallest absolute Gasteiger partial charge is 0.327 e. The van der Waals surface area contributed by atoms with Crippen LogP contribution in [0.15, 0.2) is 6.07 Å². The van der Waals surface area contributed by atoms with Crippen LogP contribution in [0.4, 0.5) is 0 Å². The van der Waals surface area contributed by atoms with Crippen molar-refractivity contribution >= 4 is 5.97 Å². The second-order valence-corrected chi connectivity index (χ2v) is 4.44. The molecule has 0 amide bonds. The highest BCUT2D eigenvalue weighted by Crippen LogP contribution is 2.12. The summed E-state index contributed by atoms with van der Waals surface area (Å²) in [5.41, 5.74) is 1.24. The van der Waals surface area contributed by atoms with Crippen molar-refractivity contribution in [1.82, 2.24) is 15.1 Å². The van der Waals surface area contributed by atoms with Gasteiger partial charge in [0.2, 0.25) is 0 Å². The number of aromatic nitrogens is 2. The molecule has 0 bridgehead atoms. The first-order valence-electron chi connectivity index (χ1n) is 5.77. The first kappa shape index (κ1) is 13.7. The van der Waals surface area contributed by atoms with Gasteiger partial charge in [-0.05, 0) is 33.4 Å². The van der Waals surface area contributed by atoms with Crippen LogP contribution in [0.5, 0.6) is 0 Å². The van der Waals surface area contributed by atoms with Crippen molar-refractivity contribution in [1.29, 1.82) is 0 Å². The Morgan fingerprint density at radius 2 is 2.24 bits per heavy atom. The Morgan fingerprint density at radius 1 is 1.59 bits per heavy atom. The fourth-order valence-corrected chi connectivity index (χ4v) is 1.94. The SMILES string of the molecule is CCNC(C)(Cn1nc(C)cc1C)C(=O)OC. The summed E-state index contributed by atoms with van der Waals surface area (Å²) in [6.07, 6.45) is 0. The molecule has 17 heavy (non-hydrogen) atoms. The molecule has 5 heteroatoms. The maximum absolute atomic E-state index is 11.8. The van der Waals surface area contributed by atoms with Gasteiger partial charge in [-0.2, -0.15) is 5.10 Å². The van der Waals surface area contributed by atoms with Gasteiger partial charge in [-0.3, -0.25) is 4.68 Å². The summed E-state index contributed by atoms with van der Waals surface area (Å²) in [6.45, 7) is 8.87. The lowest BCUT2D eigenvalue weighted by atomic mass is 10.0. The molecule has 1 atom stereocenters. The molecule has 5 nitrogen and oxygen atoms in total. The lowest BCUT2D eigenvalue weighted by Crippen LogP contribution is -2.53. The molecule has 1 aromatic heterocycles. The average molecular weight is 239 g/mol. The Hall–Kier alpha value is -1.36. The zero-order valence-corrected chi connectivity index (χ0v) is 11.2. The van der Waals surface area contributed by atoms with Gasteiger partial charge in [0.1, 0.15) is 5.54 Å². The summed E-state index contributed by atoms with van der Waals surface area (Å²) >= 11 is 0. The van der Waals surface area contributed by atoms with Gasteiger partial charge >= 0.3 is 5.97 Å². The number of rotatable bonds is 5. The number of nitrogens with one attached hydrogen (secondary N) is 1. The first-order valence-corrected chi connectivity index (χ1v) is 5.77. The molecule has 1 aromatic rings. The van der Waals surface area contributed by atoms with E-state index in [9.17, 15) is 4.79 Å². The van der Waals surface area contributed by atoms with E-state index in [1.165, 1.54) is 7.11 Å². The van der Waals surface area contributed by atoms with E-state index in [4.69, 9.17) is 4.74 Å². The molecule has 1 rings (SSSR count). The average Bonchev–Trinajstić information content (AvgIpc) is 2.56. The molecule has 0 aromatic carbocycles. The predicted octanol–water partition coefficient (Wildman–Crippen LogP) is 1.04. The molecule has 0 aliphatic carbocycles. The van der Waals surface area contributed by atoms with Gasteiger partial charge in [-0.15, -0.1) is 0 Å².